The van der Waals surface area contributed by atoms with Crippen molar-refractivity contribution in [1.29, 1.82) is 5.26 Å². The second kappa shape index (κ2) is 11.4. The number of benzene rings is 2. The zero-order chi connectivity index (χ0) is 30.1. The number of piperazine rings is 1. The summed E-state index contributed by atoms with van der Waals surface area (Å²) < 4.78 is 7.19. The molecule has 0 saturated carbocycles. The maximum Gasteiger partial charge on any atom is 0.410 e. The number of rotatable bonds is 4. The van der Waals surface area contributed by atoms with Crippen molar-refractivity contribution in [2.24, 2.45) is 0 Å². The molecule has 1 aliphatic carbocycles. The van der Waals surface area contributed by atoms with Gasteiger partial charge in [-0.1, -0.05) is 24.3 Å². The number of anilines is 3. The van der Waals surface area contributed by atoms with E-state index in [1.807, 2.05) is 57.2 Å². The number of pyridine rings is 1. The highest BCUT2D eigenvalue weighted by atomic mass is 16.6. The third-order valence-corrected chi connectivity index (χ3v) is 7.96. The van der Waals surface area contributed by atoms with E-state index in [2.05, 4.69) is 33.4 Å². The maximum atomic E-state index is 13.5. The summed E-state index contributed by atoms with van der Waals surface area (Å²) in [6.45, 7) is 8.25. The lowest BCUT2D eigenvalue weighted by Crippen LogP contribution is -2.50. The molecule has 4 aromatic rings. The Balaban J connectivity index is 1.22. The van der Waals surface area contributed by atoms with E-state index >= 15 is 0 Å². The summed E-state index contributed by atoms with van der Waals surface area (Å²) in [5.74, 6) is 0.369. The van der Waals surface area contributed by atoms with Gasteiger partial charge in [0.15, 0.2) is 0 Å². The summed E-state index contributed by atoms with van der Waals surface area (Å²) >= 11 is 0. The minimum Gasteiger partial charge on any atom is -0.444 e. The average molecular weight is 578 g/mol. The number of carbonyl (C=O) groups is 1. The molecule has 2 aliphatic rings. The molecule has 2 aromatic heterocycles. The SMILES string of the molecule is CC(C)(C)OC(=O)N1CCN(c2ccc(Nc3ncc4cc(C#N)c(=O)n(C5CCCc6ccccc65)c4n3)cc2)CC1. The molecule has 0 spiro atoms. The van der Waals surface area contributed by atoms with E-state index in [9.17, 15) is 14.9 Å². The average Bonchev–Trinajstić information content (AvgIpc) is 3.00. The van der Waals surface area contributed by atoms with E-state index in [1.54, 1.807) is 21.7 Å². The van der Waals surface area contributed by atoms with Crippen LogP contribution in [0.5, 0.6) is 0 Å². The van der Waals surface area contributed by atoms with Crippen LogP contribution in [0.3, 0.4) is 0 Å². The summed E-state index contributed by atoms with van der Waals surface area (Å²) in [6, 6.07) is 19.6. The molecule has 2 aromatic carbocycles. The first-order chi connectivity index (χ1) is 20.7. The van der Waals surface area contributed by atoms with Crippen LogP contribution in [0.4, 0.5) is 22.1 Å². The van der Waals surface area contributed by atoms with Crippen molar-refractivity contribution in [3.63, 3.8) is 0 Å². The normalized spacial score (nSPS) is 16.8. The molecule has 0 bridgehead atoms. The van der Waals surface area contributed by atoms with Gasteiger partial charge in [0.2, 0.25) is 5.95 Å². The number of ether oxygens (including phenoxy) is 1. The molecule has 0 radical (unpaired) electrons. The van der Waals surface area contributed by atoms with Crippen LogP contribution in [-0.4, -0.2) is 57.3 Å². The van der Waals surface area contributed by atoms with Crippen molar-refractivity contribution >= 4 is 34.4 Å². The van der Waals surface area contributed by atoms with E-state index in [1.165, 1.54) is 5.56 Å². The molecule has 1 saturated heterocycles. The number of aromatic nitrogens is 3. The third-order valence-electron chi connectivity index (χ3n) is 7.96. The largest absolute Gasteiger partial charge is 0.444 e. The Bertz CT molecular complexity index is 1760. The fourth-order valence-corrected chi connectivity index (χ4v) is 5.90. The first-order valence-electron chi connectivity index (χ1n) is 14.7. The van der Waals surface area contributed by atoms with Crippen LogP contribution in [0.2, 0.25) is 0 Å². The molecular weight excluding hydrogens is 542 g/mol. The van der Waals surface area contributed by atoms with Crippen LogP contribution in [0.1, 0.15) is 56.3 Å². The first-order valence-corrected chi connectivity index (χ1v) is 14.7. The molecule has 10 nitrogen and oxygen atoms in total. The Kier molecular flexibility index (Phi) is 7.48. The Labute approximate surface area is 250 Å². The van der Waals surface area contributed by atoms with Crippen molar-refractivity contribution in [3.05, 3.63) is 87.8 Å². The lowest BCUT2D eigenvalue weighted by Gasteiger charge is -2.36. The van der Waals surface area contributed by atoms with Crippen LogP contribution in [0, 0.1) is 11.3 Å². The van der Waals surface area contributed by atoms with Gasteiger partial charge in [-0.25, -0.2) is 9.78 Å². The van der Waals surface area contributed by atoms with Gasteiger partial charge in [0.05, 0.1) is 6.04 Å². The Morgan fingerprint density at radius 3 is 2.53 bits per heavy atom. The monoisotopic (exact) mass is 577 g/mol. The molecule has 1 fully saturated rings. The Morgan fingerprint density at radius 2 is 1.81 bits per heavy atom. The predicted octanol–water partition coefficient (Wildman–Crippen LogP) is 5.39. The van der Waals surface area contributed by atoms with E-state index in [0.717, 1.165) is 36.2 Å². The van der Waals surface area contributed by atoms with Crippen molar-refractivity contribution < 1.29 is 9.53 Å². The van der Waals surface area contributed by atoms with Gasteiger partial charge in [-0.2, -0.15) is 10.2 Å². The smallest absolute Gasteiger partial charge is 0.410 e. The van der Waals surface area contributed by atoms with Crippen LogP contribution in [0.15, 0.2) is 65.6 Å². The number of fused-ring (bicyclic) bond motifs is 2. The van der Waals surface area contributed by atoms with Gasteiger partial charge in [-0.15, -0.1) is 0 Å². The van der Waals surface area contributed by atoms with Crippen LogP contribution >= 0.6 is 0 Å². The highest BCUT2D eigenvalue weighted by Gasteiger charge is 2.27. The molecule has 1 unspecified atom stereocenters. The minimum absolute atomic E-state index is 0.0855. The molecule has 3 heterocycles. The minimum atomic E-state index is -0.510. The summed E-state index contributed by atoms with van der Waals surface area (Å²) in [5.41, 5.74) is 3.93. The van der Waals surface area contributed by atoms with Crippen LogP contribution in [0.25, 0.3) is 11.0 Å². The number of nitriles is 1. The lowest BCUT2D eigenvalue weighted by atomic mass is 9.87. The van der Waals surface area contributed by atoms with Crippen molar-refractivity contribution in [1.82, 2.24) is 19.4 Å². The second-order valence-electron chi connectivity index (χ2n) is 12.1. The van der Waals surface area contributed by atoms with E-state index in [4.69, 9.17) is 9.72 Å². The fraction of sp³-hybridized carbons (Fsp3) is 0.364. The maximum absolute atomic E-state index is 13.5. The predicted molar refractivity (Wildman–Crippen MR) is 166 cm³/mol. The van der Waals surface area contributed by atoms with Gasteiger partial charge in [0.25, 0.3) is 5.56 Å². The van der Waals surface area contributed by atoms with Gasteiger partial charge >= 0.3 is 6.09 Å². The van der Waals surface area contributed by atoms with Crippen molar-refractivity contribution in [2.75, 3.05) is 36.4 Å². The molecule has 220 valence electrons. The van der Waals surface area contributed by atoms with Crippen molar-refractivity contribution in [3.8, 4) is 6.07 Å². The molecular formula is C33H35N7O3. The standard InChI is InChI=1S/C33H35N7O3/c1-33(2,3)43-32(42)39-17-15-38(16-18-39)26-13-11-25(12-14-26)36-31-35-21-24-19-23(20-34)30(41)40(29(24)37-31)28-10-6-8-22-7-4-5-9-27(22)28/h4-5,7,9,11-14,19,21,28H,6,8,10,15-18H2,1-3H3,(H,35,36,37). The molecule has 6 rings (SSSR count). The topological polar surface area (TPSA) is 116 Å². The Hall–Kier alpha value is -4.91. The summed E-state index contributed by atoms with van der Waals surface area (Å²) in [6.07, 6.45) is 4.10. The first kappa shape index (κ1) is 28.2. The molecule has 10 heteroatoms. The van der Waals surface area contributed by atoms with Gasteiger partial charge < -0.3 is 19.9 Å². The molecule has 43 heavy (non-hydrogen) atoms. The number of carbonyl (C=O) groups excluding carboxylic acids is 1. The quantitative estimate of drug-likeness (QED) is 0.343. The van der Waals surface area contributed by atoms with Gasteiger partial charge in [0, 0.05) is 49.1 Å². The highest BCUT2D eigenvalue weighted by Crippen LogP contribution is 2.34. The van der Waals surface area contributed by atoms with Crippen LogP contribution < -0.4 is 15.8 Å². The molecule has 1 N–H and O–H groups in total. The highest BCUT2D eigenvalue weighted by molar-refractivity contribution is 5.78. The summed E-state index contributed by atoms with van der Waals surface area (Å²) in [5, 5.41) is 13.6. The lowest BCUT2D eigenvalue weighted by molar-refractivity contribution is 0.0240. The molecule has 1 amide bonds. The third kappa shape index (κ3) is 5.89. The number of hydrogen-bond acceptors (Lipinski definition) is 8. The number of nitrogens with one attached hydrogen (secondary N) is 1. The van der Waals surface area contributed by atoms with Gasteiger partial charge in [-0.05, 0) is 81.5 Å². The number of amides is 1. The van der Waals surface area contributed by atoms with E-state index in [0.29, 0.717) is 43.2 Å². The van der Waals surface area contributed by atoms with Crippen LogP contribution in [-0.2, 0) is 11.2 Å². The van der Waals surface area contributed by atoms with Crippen molar-refractivity contribution in [2.45, 2.75) is 51.7 Å². The fourth-order valence-electron chi connectivity index (χ4n) is 5.90. The van der Waals surface area contributed by atoms with Gasteiger partial charge in [-0.3, -0.25) is 9.36 Å². The van der Waals surface area contributed by atoms with E-state index in [-0.39, 0.29) is 23.3 Å². The Morgan fingerprint density at radius 1 is 1.07 bits per heavy atom. The van der Waals surface area contributed by atoms with E-state index < -0.39 is 5.60 Å². The summed E-state index contributed by atoms with van der Waals surface area (Å²) in [4.78, 5) is 39.2. The number of hydrogen-bond donors (Lipinski definition) is 1. The molecule has 1 aliphatic heterocycles. The number of aryl methyl sites for hydroxylation is 1. The summed E-state index contributed by atoms with van der Waals surface area (Å²) in [7, 11) is 0. The number of nitrogens with zero attached hydrogens (tertiary/aromatic N) is 6. The molecule has 1 atom stereocenters. The van der Waals surface area contributed by atoms with Gasteiger partial charge in [0.1, 0.15) is 22.9 Å². The zero-order valence-electron chi connectivity index (χ0n) is 24.7. The second-order valence-corrected chi connectivity index (χ2v) is 12.1. The zero-order valence-corrected chi connectivity index (χ0v) is 24.7.